The molecule has 0 aliphatic carbocycles. The average molecular weight is 250 g/mol. The molecule has 2 aliphatic heterocycles. The lowest BCUT2D eigenvalue weighted by Crippen LogP contribution is -2.20. The molecule has 1 aromatic rings. The highest BCUT2D eigenvalue weighted by atomic mass is 16.7. The van der Waals surface area contributed by atoms with E-state index < -0.39 is 0 Å². The third kappa shape index (κ3) is 1.71. The van der Waals surface area contributed by atoms with E-state index in [-0.39, 0.29) is 18.6 Å². The maximum absolute atomic E-state index is 10.1. The molecule has 2 aliphatic rings. The van der Waals surface area contributed by atoms with Crippen LogP contribution in [0.5, 0.6) is 17.2 Å². The zero-order chi connectivity index (χ0) is 12.7. The van der Waals surface area contributed by atoms with Crippen LogP contribution in [0.15, 0.2) is 12.1 Å². The number of nitrogens with two attached hydrogens (primary N) is 1. The van der Waals surface area contributed by atoms with Crippen LogP contribution in [-0.2, 0) is 0 Å². The molecule has 1 aromatic carbocycles. The summed E-state index contributed by atoms with van der Waals surface area (Å²) in [4.78, 5) is 2.22. The summed E-state index contributed by atoms with van der Waals surface area (Å²) < 4.78 is 10.9. The third-order valence-electron chi connectivity index (χ3n) is 3.86. The van der Waals surface area contributed by atoms with Gasteiger partial charge >= 0.3 is 0 Å². The fourth-order valence-corrected chi connectivity index (χ4v) is 2.92. The van der Waals surface area contributed by atoms with E-state index in [1.807, 2.05) is 0 Å². The van der Waals surface area contributed by atoms with E-state index >= 15 is 0 Å². The maximum Gasteiger partial charge on any atom is 0.231 e. The molecule has 0 bridgehead atoms. The molecule has 0 saturated carbocycles. The Balaban J connectivity index is 1.99. The number of phenolic OH excluding ortho intramolecular Hbond substituents is 1. The Labute approximate surface area is 106 Å². The first-order valence-electron chi connectivity index (χ1n) is 6.22. The number of fused-ring (bicyclic) bond motifs is 1. The molecule has 3 N–H and O–H groups in total. The Morgan fingerprint density at radius 1 is 1.44 bits per heavy atom. The fraction of sp³-hybridized carbons (Fsp3) is 0.538. The van der Waals surface area contributed by atoms with Crippen LogP contribution in [0, 0.1) is 5.92 Å². The van der Waals surface area contributed by atoms with Gasteiger partial charge in [0.15, 0.2) is 11.5 Å². The minimum absolute atomic E-state index is 0.148. The van der Waals surface area contributed by atoms with Gasteiger partial charge in [-0.25, -0.2) is 0 Å². The van der Waals surface area contributed by atoms with Crippen LogP contribution in [0.25, 0.3) is 0 Å². The molecule has 0 amide bonds. The summed E-state index contributed by atoms with van der Waals surface area (Å²) >= 11 is 0. The van der Waals surface area contributed by atoms with Crippen LogP contribution in [0.4, 0.5) is 0 Å². The van der Waals surface area contributed by atoms with Gasteiger partial charge in [0.25, 0.3) is 0 Å². The zero-order valence-electron chi connectivity index (χ0n) is 10.4. The number of ether oxygens (including phenoxy) is 2. The lowest BCUT2D eigenvalue weighted by Gasteiger charge is -2.21. The minimum Gasteiger partial charge on any atom is -0.507 e. The van der Waals surface area contributed by atoms with Gasteiger partial charge in [-0.3, -0.25) is 4.90 Å². The summed E-state index contributed by atoms with van der Waals surface area (Å²) in [5.74, 6) is 2.14. The zero-order valence-corrected chi connectivity index (χ0v) is 10.4. The van der Waals surface area contributed by atoms with Crippen molar-refractivity contribution in [2.75, 3.05) is 26.9 Å². The molecule has 1 saturated heterocycles. The predicted molar refractivity (Wildman–Crippen MR) is 66.8 cm³/mol. The number of aromatic hydroxyl groups is 1. The Morgan fingerprint density at radius 2 is 2.28 bits per heavy atom. The van der Waals surface area contributed by atoms with Crippen molar-refractivity contribution in [1.29, 1.82) is 0 Å². The summed E-state index contributed by atoms with van der Waals surface area (Å²) in [5.41, 5.74) is 6.58. The van der Waals surface area contributed by atoms with E-state index in [9.17, 15) is 5.11 Å². The second-order valence-electron chi connectivity index (χ2n) is 5.02. The van der Waals surface area contributed by atoms with E-state index in [0.29, 0.717) is 24.0 Å². The van der Waals surface area contributed by atoms with Crippen LogP contribution in [0.2, 0.25) is 0 Å². The van der Waals surface area contributed by atoms with Crippen LogP contribution >= 0.6 is 0 Å². The molecule has 2 heterocycles. The van der Waals surface area contributed by atoms with Crippen LogP contribution in [-0.4, -0.2) is 36.9 Å². The molecule has 0 spiro atoms. The van der Waals surface area contributed by atoms with E-state index in [2.05, 4.69) is 11.9 Å². The minimum atomic E-state index is 0.148. The topological polar surface area (TPSA) is 68.0 Å². The lowest BCUT2D eigenvalue weighted by atomic mass is 9.98. The summed E-state index contributed by atoms with van der Waals surface area (Å²) in [6.45, 7) is 1.85. The molecule has 0 aromatic heterocycles. The van der Waals surface area contributed by atoms with Crippen molar-refractivity contribution in [3.63, 3.8) is 0 Å². The number of rotatable bonds is 2. The summed E-state index contributed by atoms with van der Waals surface area (Å²) in [6, 6.07) is 3.57. The SMILES string of the molecule is CN1CC(CN)CC1c1c(O)ccc2c1OCO2. The first-order chi connectivity index (χ1) is 8.70. The quantitative estimate of drug-likeness (QED) is 0.822. The number of hydrogen-bond acceptors (Lipinski definition) is 5. The van der Waals surface area contributed by atoms with Crippen molar-refractivity contribution in [3.05, 3.63) is 17.7 Å². The van der Waals surface area contributed by atoms with Gasteiger partial charge < -0.3 is 20.3 Å². The molecular weight excluding hydrogens is 232 g/mol. The fourth-order valence-electron chi connectivity index (χ4n) is 2.92. The van der Waals surface area contributed by atoms with Gasteiger partial charge in [0.05, 0.1) is 5.56 Å². The second-order valence-corrected chi connectivity index (χ2v) is 5.02. The normalized spacial score (nSPS) is 26.8. The van der Waals surface area contributed by atoms with Gasteiger partial charge in [-0.1, -0.05) is 0 Å². The molecule has 1 fully saturated rings. The predicted octanol–water partition coefficient (Wildman–Crippen LogP) is 1.07. The monoisotopic (exact) mass is 250 g/mol. The highest BCUT2D eigenvalue weighted by molar-refractivity contribution is 5.56. The average Bonchev–Trinajstić information content (AvgIpc) is 2.96. The van der Waals surface area contributed by atoms with Gasteiger partial charge in [0.1, 0.15) is 5.75 Å². The molecule has 2 atom stereocenters. The molecule has 3 rings (SSSR count). The highest BCUT2D eigenvalue weighted by Crippen LogP contribution is 2.48. The third-order valence-corrected chi connectivity index (χ3v) is 3.86. The summed E-state index contributed by atoms with van der Waals surface area (Å²) in [7, 11) is 2.05. The number of phenols is 1. The second kappa shape index (κ2) is 4.33. The Hall–Kier alpha value is -1.46. The molecule has 0 radical (unpaired) electrons. The van der Waals surface area contributed by atoms with Gasteiger partial charge in [-0.2, -0.15) is 0 Å². The number of nitrogens with zero attached hydrogens (tertiary/aromatic N) is 1. The van der Waals surface area contributed by atoms with E-state index in [4.69, 9.17) is 15.2 Å². The van der Waals surface area contributed by atoms with E-state index in [1.54, 1.807) is 12.1 Å². The van der Waals surface area contributed by atoms with Gasteiger partial charge in [-0.05, 0) is 38.1 Å². The largest absolute Gasteiger partial charge is 0.507 e. The standard InChI is InChI=1S/C13H18N2O3/c1-15-6-8(5-14)4-9(15)12-10(16)2-3-11-13(12)18-7-17-11/h2-3,8-9,16H,4-7,14H2,1H3. The summed E-state index contributed by atoms with van der Waals surface area (Å²) in [6.07, 6.45) is 0.945. The molecule has 2 unspecified atom stereocenters. The van der Waals surface area contributed by atoms with Crippen LogP contribution in [0.3, 0.4) is 0 Å². The molecule has 5 heteroatoms. The van der Waals surface area contributed by atoms with Crippen molar-refractivity contribution < 1.29 is 14.6 Å². The van der Waals surface area contributed by atoms with Crippen LogP contribution in [0.1, 0.15) is 18.0 Å². The molecule has 18 heavy (non-hydrogen) atoms. The lowest BCUT2D eigenvalue weighted by molar-refractivity contribution is 0.171. The smallest absolute Gasteiger partial charge is 0.231 e. The van der Waals surface area contributed by atoms with Crippen molar-refractivity contribution in [2.45, 2.75) is 12.5 Å². The number of benzene rings is 1. The Morgan fingerprint density at radius 3 is 3.00 bits per heavy atom. The van der Waals surface area contributed by atoms with Crippen molar-refractivity contribution in [2.24, 2.45) is 11.7 Å². The molecule has 5 nitrogen and oxygen atoms in total. The first-order valence-corrected chi connectivity index (χ1v) is 6.22. The van der Waals surface area contributed by atoms with Gasteiger partial charge in [-0.15, -0.1) is 0 Å². The van der Waals surface area contributed by atoms with Gasteiger partial charge in [0, 0.05) is 12.6 Å². The Bertz CT molecular complexity index is 464. The van der Waals surface area contributed by atoms with E-state index in [0.717, 1.165) is 18.5 Å². The van der Waals surface area contributed by atoms with Crippen molar-refractivity contribution in [3.8, 4) is 17.2 Å². The molecule has 98 valence electrons. The van der Waals surface area contributed by atoms with Crippen LogP contribution < -0.4 is 15.2 Å². The number of hydrogen-bond donors (Lipinski definition) is 2. The van der Waals surface area contributed by atoms with E-state index in [1.165, 1.54) is 0 Å². The number of likely N-dealkylation sites (tertiary alicyclic amines) is 1. The first kappa shape index (κ1) is 11.6. The maximum atomic E-state index is 10.1. The van der Waals surface area contributed by atoms with Crippen molar-refractivity contribution >= 4 is 0 Å². The van der Waals surface area contributed by atoms with Crippen molar-refractivity contribution in [1.82, 2.24) is 4.90 Å². The highest BCUT2D eigenvalue weighted by Gasteiger charge is 2.35. The van der Waals surface area contributed by atoms with Gasteiger partial charge in [0.2, 0.25) is 6.79 Å². The summed E-state index contributed by atoms with van der Waals surface area (Å²) in [5, 5.41) is 10.1. The molecular formula is C13H18N2O3. The Kier molecular flexibility index (Phi) is 2.80.